The van der Waals surface area contributed by atoms with E-state index in [-0.39, 0.29) is 18.6 Å². The van der Waals surface area contributed by atoms with Gasteiger partial charge >= 0.3 is 11.9 Å². The van der Waals surface area contributed by atoms with Gasteiger partial charge in [-0.05, 0) is 13.0 Å². The maximum absolute atomic E-state index is 11.6. The molecule has 0 aliphatic rings. The lowest BCUT2D eigenvalue weighted by molar-refractivity contribution is -0.142. The van der Waals surface area contributed by atoms with E-state index in [1.165, 1.54) is 0 Å². The van der Waals surface area contributed by atoms with Crippen molar-refractivity contribution in [3.63, 3.8) is 0 Å². The van der Waals surface area contributed by atoms with Gasteiger partial charge in [-0.1, -0.05) is 18.2 Å². The van der Waals surface area contributed by atoms with Gasteiger partial charge in [0.2, 0.25) is 0 Å². The molecule has 1 aromatic heterocycles. The van der Waals surface area contributed by atoms with E-state index >= 15 is 0 Å². The summed E-state index contributed by atoms with van der Waals surface area (Å²) >= 11 is 0. The molecule has 19 heavy (non-hydrogen) atoms. The summed E-state index contributed by atoms with van der Waals surface area (Å²) in [5, 5.41) is 9.99. The Morgan fingerprint density at radius 3 is 2.63 bits per heavy atom. The molecule has 0 amide bonds. The lowest BCUT2D eigenvalue weighted by Crippen LogP contribution is -2.13. The van der Waals surface area contributed by atoms with Gasteiger partial charge in [0.1, 0.15) is 0 Å². The van der Waals surface area contributed by atoms with Gasteiger partial charge in [0.25, 0.3) is 0 Å². The van der Waals surface area contributed by atoms with Crippen LogP contribution in [0.1, 0.15) is 23.0 Å². The molecule has 1 N–H and O–H groups in total. The number of hydrogen-bond acceptors (Lipinski definition) is 3. The standard InChI is InChI=1S/C14H15NO4/c1-3-19-12(16)8-11-13(14(17)18)9-6-4-5-7-10(9)15(11)2/h4-7H,3,8H2,1-2H3,(H,17,18). The highest BCUT2D eigenvalue weighted by Gasteiger charge is 2.22. The molecule has 1 aromatic carbocycles. The van der Waals surface area contributed by atoms with Gasteiger partial charge in [0.05, 0.1) is 18.6 Å². The highest BCUT2D eigenvalue weighted by Crippen LogP contribution is 2.25. The van der Waals surface area contributed by atoms with E-state index in [2.05, 4.69) is 0 Å². The van der Waals surface area contributed by atoms with E-state index in [0.29, 0.717) is 11.1 Å². The number of aromatic nitrogens is 1. The number of carboxylic acids is 1. The molecule has 5 heteroatoms. The summed E-state index contributed by atoms with van der Waals surface area (Å²) in [5.74, 6) is -1.45. The Labute approximate surface area is 110 Å². The Balaban J connectivity index is 2.58. The summed E-state index contributed by atoms with van der Waals surface area (Å²) in [6.07, 6.45) is -0.0410. The molecule has 1 heterocycles. The van der Waals surface area contributed by atoms with E-state index in [1.54, 1.807) is 30.7 Å². The van der Waals surface area contributed by atoms with Crippen LogP contribution in [0.5, 0.6) is 0 Å². The van der Waals surface area contributed by atoms with Crippen LogP contribution in [0.15, 0.2) is 24.3 Å². The Hall–Kier alpha value is -2.30. The molecule has 2 rings (SSSR count). The van der Waals surface area contributed by atoms with Crippen LogP contribution in [-0.2, 0) is 23.0 Å². The third-order valence-electron chi connectivity index (χ3n) is 3.06. The summed E-state index contributed by atoms with van der Waals surface area (Å²) in [6.45, 7) is 2.00. The fraction of sp³-hybridized carbons (Fsp3) is 0.286. The first-order valence-electron chi connectivity index (χ1n) is 6.01. The van der Waals surface area contributed by atoms with Gasteiger partial charge in [-0.3, -0.25) is 4.79 Å². The number of hydrogen-bond donors (Lipinski definition) is 1. The molecule has 0 aliphatic carbocycles. The van der Waals surface area contributed by atoms with Crippen molar-refractivity contribution in [2.24, 2.45) is 7.05 Å². The number of rotatable bonds is 4. The van der Waals surface area contributed by atoms with Crippen LogP contribution in [0.4, 0.5) is 0 Å². The maximum Gasteiger partial charge on any atom is 0.338 e. The minimum atomic E-state index is -1.03. The maximum atomic E-state index is 11.6. The zero-order valence-electron chi connectivity index (χ0n) is 10.8. The number of aromatic carboxylic acids is 1. The summed E-state index contributed by atoms with van der Waals surface area (Å²) < 4.78 is 6.62. The number of carbonyl (C=O) groups is 2. The lowest BCUT2D eigenvalue weighted by atomic mass is 10.1. The van der Waals surface area contributed by atoms with Crippen molar-refractivity contribution in [3.05, 3.63) is 35.5 Å². The van der Waals surface area contributed by atoms with E-state index < -0.39 is 11.9 Å². The number of carboxylic acid groups (broad SMARTS) is 1. The van der Waals surface area contributed by atoms with Crippen molar-refractivity contribution in [2.45, 2.75) is 13.3 Å². The fourth-order valence-corrected chi connectivity index (χ4v) is 2.24. The number of aryl methyl sites for hydroxylation is 1. The zero-order chi connectivity index (χ0) is 14.0. The van der Waals surface area contributed by atoms with E-state index in [4.69, 9.17) is 4.74 Å². The smallest absolute Gasteiger partial charge is 0.338 e. The van der Waals surface area contributed by atoms with Crippen LogP contribution in [0.2, 0.25) is 0 Å². The Morgan fingerprint density at radius 2 is 2.00 bits per heavy atom. The molecule has 0 spiro atoms. The highest BCUT2D eigenvalue weighted by molar-refractivity contribution is 6.05. The third-order valence-corrected chi connectivity index (χ3v) is 3.06. The van der Waals surface area contributed by atoms with Crippen LogP contribution in [-0.4, -0.2) is 28.2 Å². The van der Waals surface area contributed by atoms with Gasteiger partial charge in [-0.15, -0.1) is 0 Å². The predicted octanol–water partition coefficient (Wildman–Crippen LogP) is 1.98. The summed E-state index contributed by atoms with van der Waals surface area (Å²) in [7, 11) is 1.75. The van der Waals surface area contributed by atoms with Gasteiger partial charge in [-0.25, -0.2) is 4.79 Å². The van der Waals surface area contributed by atoms with Crippen molar-refractivity contribution < 1.29 is 19.4 Å². The molecule has 0 bridgehead atoms. The Bertz CT molecular complexity index is 642. The van der Waals surface area contributed by atoms with E-state index in [0.717, 1.165) is 5.52 Å². The average molecular weight is 261 g/mol. The third kappa shape index (κ3) is 2.31. The molecule has 2 aromatic rings. The number of carbonyl (C=O) groups excluding carboxylic acids is 1. The molecular weight excluding hydrogens is 246 g/mol. The minimum absolute atomic E-state index is 0.0410. The largest absolute Gasteiger partial charge is 0.478 e. The molecule has 5 nitrogen and oxygen atoms in total. The minimum Gasteiger partial charge on any atom is -0.478 e. The normalized spacial score (nSPS) is 10.6. The molecule has 100 valence electrons. The monoisotopic (exact) mass is 261 g/mol. The van der Waals surface area contributed by atoms with Crippen LogP contribution >= 0.6 is 0 Å². The molecule has 0 aliphatic heterocycles. The first-order chi connectivity index (χ1) is 9.06. The number of benzene rings is 1. The summed E-state index contributed by atoms with van der Waals surface area (Å²) in [6, 6.07) is 7.19. The molecule has 0 unspecified atom stereocenters. The second-order valence-corrected chi connectivity index (χ2v) is 4.18. The van der Waals surface area contributed by atoms with Crippen LogP contribution in [0, 0.1) is 0 Å². The van der Waals surface area contributed by atoms with Crippen molar-refractivity contribution in [1.82, 2.24) is 4.57 Å². The van der Waals surface area contributed by atoms with Crippen molar-refractivity contribution in [3.8, 4) is 0 Å². The summed E-state index contributed by atoms with van der Waals surface area (Å²) in [4.78, 5) is 23.0. The molecule has 0 radical (unpaired) electrons. The Kier molecular flexibility index (Phi) is 3.55. The molecule has 0 atom stereocenters. The quantitative estimate of drug-likeness (QED) is 0.854. The fourth-order valence-electron chi connectivity index (χ4n) is 2.24. The Morgan fingerprint density at radius 1 is 1.32 bits per heavy atom. The van der Waals surface area contributed by atoms with Crippen LogP contribution in [0.25, 0.3) is 10.9 Å². The van der Waals surface area contributed by atoms with E-state index in [1.807, 2.05) is 12.1 Å². The number of para-hydroxylation sites is 1. The van der Waals surface area contributed by atoms with Crippen molar-refractivity contribution in [1.29, 1.82) is 0 Å². The number of ether oxygens (including phenoxy) is 1. The van der Waals surface area contributed by atoms with Gasteiger partial charge < -0.3 is 14.4 Å². The molecule has 0 fully saturated rings. The molecule has 0 saturated heterocycles. The topological polar surface area (TPSA) is 68.5 Å². The van der Waals surface area contributed by atoms with Gasteiger partial charge in [-0.2, -0.15) is 0 Å². The lowest BCUT2D eigenvalue weighted by Gasteiger charge is -2.05. The van der Waals surface area contributed by atoms with E-state index in [9.17, 15) is 14.7 Å². The highest BCUT2D eigenvalue weighted by atomic mass is 16.5. The zero-order valence-corrected chi connectivity index (χ0v) is 10.8. The number of esters is 1. The number of fused-ring (bicyclic) bond motifs is 1. The first kappa shape index (κ1) is 13.1. The van der Waals surface area contributed by atoms with Gasteiger partial charge in [0.15, 0.2) is 0 Å². The molecular formula is C14H15NO4. The van der Waals surface area contributed by atoms with Crippen molar-refractivity contribution >= 4 is 22.8 Å². The van der Waals surface area contributed by atoms with Gasteiger partial charge in [0, 0.05) is 23.6 Å². The van der Waals surface area contributed by atoms with Crippen LogP contribution < -0.4 is 0 Å². The van der Waals surface area contributed by atoms with Crippen molar-refractivity contribution in [2.75, 3.05) is 6.61 Å². The SMILES string of the molecule is CCOC(=O)Cc1c(C(=O)O)c2ccccc2n1C. The summed E-state index contributed by atoms with van der Waals surface area (Å²) in [5.41, 5.74) is 1.43. The predicted molar refractivity (Wildman–Crippen MR) is 70.2 cm³/mol. The van der Waals surface area contributed by atoms with Crippen LogP contribution in [0.3, 0.4) is 0 Å². The second kappa shape index (κ2) is 5.14. The molecule has 0 saturated carbocycles. The number of nitrogens with zero attached hydrogens (tertiary/aromatic N) is 1. The average Bonchev–Trinajstić information content (AvgIpc) is 2.64. The first-order valence-corrected chi connectivity index (χ1v) is 6.01. The second-order valence-electron chi connectivity index (χ2n) is 4.18.